The van der Waals surface area contributed by atoms with Crippen LogP contribution in [-0.4, -0.2) is 22.5 Å². The molecule has 1 aliphatic heterocycles. The monoisotopic (exact) mass is 383 g/mol. The number of aromatic nitrogens is 1. The third-order valence-electron chi connectivity index (χ3n) is 4.47. The van der Waals surface area contributed by atoms with E-state index in [0.29, 0.717) is 10.7 Å². The minimum Gasteiger partial charge on any atom is -0.315 e. The Labute approximate surface area is 161 Å². The van der Waals surface area contributed by atoms with Crippen LogP contribution in [0, 0.1) is 0 Å². The van der Waals surface area contributed by atoms with Gasteiger partial charge in [-0.2, -0.15) is 0 Å². The first-order valence-electron chi connectivity index (χ1n) is 8.55. The van der Waals surface area contributed by atoms with Gasteiger partial charge >= 0.3 is 6.03 Å². The number of halogens is 1. The Bertz CT molecular complexity index is 912. The number of carbonyl (C=O) groups is 1. The van der Waals surface area contributed by atoms with E-state index in [1.54, 1.807) is 23.5 Å². The predicted molar refractivity (Wildman–Crippen MR) is 107 cm³/mol. The molecule has 1 atom stereocenters. The van der Waals surface area contributed by atoms with Crippen LogP contribution in [-0.2, 0) is 0 Å². The summed E-state index contributed by atoms with van der Waals surface area (Å²) in [7, 11) is 0. The predicted octanol–water partition coefficient (Wildman–Crippen LogP) is 5.83. The molecule has 1 fully saturated rings. The molecule has 1 N–H and O–H groups in total. The molecule has 132 valence electrons. The number of rotatable bonds is 3. The Morgan fingerprint density at radius 1 is 1.19 bits per heavy atom. The van der Waals surface area contributed by atoms with E-state index < -0.39 is 0 Å². The zero-order valence-electron chi connectivity index (χ0n) is 14.1. The van der Waals surface area contributed by atoms with E-state index >= 15 is 0 Å². The first-order chi connectivity index (χ1) is 12.7. The molecule has 0 saturated carbocycles. The lowest BCUT2D eigenvalue weighted by molar-refractivity contribution is 0.207. The van der Waals surface area contributed by atoms with Gasteiger partial charge in [-0.1, -0.05) is 48.0 Å². The van der Waals surface area contributed by atoms with Gasteiger partial charge in [0.25, 0.3) is 0 Å². The Kier molecular flexibility index (Phi) is 4.91. The largest absolute Gasteiger partial charge is 0.322 e. The van der Waals surface area contributed by atoms with Crippen molar-refractivity contribution in [1.82, 2.24) is 9.88 Å². The van der Waals surface area contributed by atoms with E-state index in [1.165, 1.54) is 0 Å². The molecule has 0 unspecified atom stereocenters. The van der Waals surface area contributed by atoms with Crippen LogP contribution in [0.1, 0.15) is 23.9 Å². The second-order valence-electron chi connectivity index (χ2n) is 6.23. The van der Waals surface area contributed by atoms with Crippen LogP contribution >= 0.6 is 22.9 Å². The fraction of sp³-hybridized carbons (Fsp3) is 0.200. The third kappa shape index (κ3) is 3.59. The summed E-state index contributed by atoms with van der Waals surface area (Å²) in [5.74, 6) is 0. The summed E-state index contributed by atoms with van der Waals surface area (Å²) in [5, 5.41) is 6.60. The molecule has 0 radical (unpaired) electrons. The molecule has 26 heavy (non-hydrogen) atoms. The van der Waals surface area contributed by atoms with Crippen molar-refractivity contribution in [1.29, 1.82) is 0 Å². The summed E-state index contributed by atoms with van der Waals surface area (Å²) >= 11 is 7.62. The maximum atomic E-state index is 12.7. The molecule has 2 aromatic carbocycles. The maximum absolute atomic E-state index is 12.7. The van der Waals surface area contributed by atoms with Crippen molar-refractivity contribution in [3.8, 4) is 11.3 Å². The van der Waals surface area contributed by atoms with Gasteiger partial charge in [-0.3, -0.25) is 0 Å². The molecule has 0 spiro atoms. The third-order valence-corrected chi connectivity index (χ3v) is 5.65. The van der Waals surface area contributed by atoms with Gasteiger partial charge < -0.3 is 10.2 Å². The van der Waals surface area contributed by atoms with Gasteiger partial charge in [-0.05, 0) is 31.0 Å². The molecule has 2 amide bonds. The number of amides is 2. The first kappa shape index (κ1) is 17.1. The number of benzene rings is 2. The number of anilines is 1. The molecule has 6 heteroatoms. The van der Waals surface area contributed by atoms with Crippen molar-refractivity contribution >= 4 is 34.7 Å². The lowest BCUT2D eigenvalue weighted by atomic mass is 10.2. The average molecular weight is 384 g/mol. The van der Waals surface area contributed by atoms with Crippen LogP contribution in [0.15, 0.2) is 60.0 Å². The van der Waals surface area contributed by atoms with Gasteiger partial charge in [0.15, 0.2) is 0 Å². The molecule has 1 aliphatic rings. The van der Waals surface area contributed by atoms with E-state index in [-0.39, 0.29) is 12.1 Å². The summed E-state index contributed by atoms with van der Waals surface area (Å²) in [6.07, 6.45) is 1.92. The van der Waals surface area contributed by atoms with E-state index in [0.717, 1.165) is 35.7 Å². The van der Waals surface area contributed by atoms with Gasteiger partial charge in [0.2, 0.25) is 0 Å². The summed E-state index contributed by atoms with van der Waals surface area (Å²) in [6.45, 7) is 0.733. The summed E-state index contributed by atoms with van der Waals surface area (Å²) in [4.78, 5) is 19.4. The number of hydrogen-bond acceptors (Lipinski definition) is 3. The lowest BCUT2D eigenvalue weighted by Gasteiger charge is -2.23. The smallest absolute Gasteiger partial charge is 0.315 e. The second-order valence-corrected chi connectivity index (χ2v) is 7.56. The lowest BCUT2D eigenvalue weighted by Crippen LogP contribution is -2.34. The van der Waals surface area contributed by atoms with Crippen LogP contribution in [0.3, 0.4) is 0 Å². The molecule has 4 rings (SSSR count). The number of likely N-dealkylation sites (tertiary alicyclic amines) is 1. The van der Waals surface area contributed by atoms with Crippen molar-refractivity contribution in [2.24, 2.45) is 0 Å². The Morgan fingerprint density at radius 3 is 2.85 bits per heavy atom. The van der Waals surface area contributed by atoms with E-state index in [9.17, 15) is 4.79 Å². The van der Waals surface area contributed by atoms with Crippen LogP contribution in [0.4, 0.5) is 10.5 Å². The summed E-state index contributed by atoms with van der Waals surface area (Å²) < 4.78 is 0. The molecule has 3 aromatic rings. The minimum atomic E-state index is -0.105. The molecule has 0 bridgehead atoms. The zero-order chi connectivity index (χ0) is 17.9. The fourth-order valence-corrected chi connectivity index (χ4v) is 4.37. The second kappa shape index (κ2) is 7.48. The average Bonchev–Trinajstić information content (AvgIpc) is 3.32. The van der Waals surface area contributed by atoms with Crippen LogP contribution in [0.25, 0.3) is 11.3 Å². The zero-order valence-corrected chi connectivity index (χ0v) is 15.6. The van der Waals surface area contributed by atoms with Gasteiger partial charge in [-0.15, -0.1) is 11.3 Å². The van der Waals surface area contributed by atoms with Gasteiger partial charge in [0.1, 0.15) is 5.01 Å². The Balaban J connectivity index is 1.51. The Hall–Kier alpha value is -2.37. The highest BCUT2D eigenvalue weighted by molar-refractivity contribution is 7.10. The molecule has 1 saturated heterocycles. The van der Waals surface area contributed by atoms with Crippen LogP contribution in [0.2, 0.25) is 5.02 Å². The van der Waals surface area contributed by atoms with Crippen molar-refractivity contribution in [2.75, 3.05) is 11.9 Å². The molecular formula is C20H18ClN3OS. The standard InChI is InChI=1S/C20H18ClN3OS/c21-15-8-4-9-16(12-15)22-20(25)24-11-5-10-18(24)19-23-17(13-26-19)14-6-2-1-3-7-14/h1-4,6-9,12-13,18H,5,10-11H2,(H,22,25)/t18-/m0/s1. The molecule has 1 aromatic heterocycles. The van der Waals surface area contributed by atoms with Crippen LogP contribution in [0.5, 0.6) is 0 Å². The van der Waals surface area contributed by atoms with E-state index in [4.69, 9.17) is 16.6 Å². The molecule has 0 aliphatic carbocycles. The summed E-state index contributed by atoms with van der Waals surface area (Å²) in [6, 6.07) is 17.2. The van der Waals surface area contributed by atoms with Crippen molar-refractivity contribution in [3.05, 3.63) is 70.0 Å². The van der Waals surface area contributed by atoms with Gasteiger partial charge in [0, 0.05) is 28.2 Å². The number of hydrogen-bond donors (Lipinski definition) is 1. The first-order valence-corrected chi connectivity index (χ1v) is 9.80. The number of nitrogens with zero attached hydrogens (tertiary/aromatic N) is 2. The minimum absolute atomic E-state index is 0.0247. The van der Waals surface area contributed by atoms with E-state index in [1.807, 2.05) is 35.2 Å². The van der Waals surface area contributed by atoms with E-state index in [2.05, 4.69) is 22.8 Å². The molecule has 2 heterocycles. The molecular weight excluding hydrogens is 366 g/mol. The number of carbonyl (C=O) groups excluding carboxylic acids is 1. The molecule has 4 nitrogen and oxygen atoms in total. The van der Waals surface area contributed by atoms with Gasteiger partial charge in [0.05, 0.1) is 11.7 Å². The maximum Gasteiger partial charge on any atom is 0.322 e. The number of urea groups is 1. The number of thiazole rings is 1. The topological polar surface area (TPSA) is 45.2 Å². The quantitative estimate of drug-likeness (QED) is 0.618. The fourth-order valence-electron chi connectivity index (χ4n) is 3.21. The SMILES string of the molecule is O=C(Nc1cccc(Cl)c1)N1CCC[C@H]1c1nc(-c2ccccc2)cs1. The highest BCUT2D eigenvalue weighted by atomic mass is 35.5. The van der Waals surface area contributed by atoms with Crippen LogP contribution < -0.4 is 5.32 Å². The van der Waals surface area contributed by atoms with Crippen molar-refractivity contribution in [3.63, 3.8) is 0 Å². The summed E-state index contributed by atoms with van der Waals surface area (Å²) in [5.41, 5.74) is 2.77. The van der Waals surface area contributed by atoms with Crippen molar-refractivity contribution < 1.29 is 4.79 Å². The van der Waals surface area contributed by atoms with Crippen molar-refractivity contribution in [2.45, 2.75) is 18.9 Å². The Morgan fingerprint density at radius 2 is 2.04 bits per heavy atom. The van der Waals surface area contributed by atoms with Gasteiger partial charge in [-0.25, -0.2) is 9.78 Å². The highest BCUT2D eigenvalue weighted by Gasteiger charge is 2.32. The highest BCUT2D eigenvalue weighted by Crippen LogP contribution is 2.36. The normalized spacial score (nSPS) is 16.7. The number of nitrogens with one attached hydrogen (secondary N) is 1.